The van der Waals surface area contributed by atoms with Crippen LogP contribution in [0.5, 0.6) is 0 Å². The summed E-state index contributed by atoms with van der Waals surface area (Å²) in [6, 6.07) is 23.8. The minimum Gasteiger partial charge on any atom is -0.455 e. The van der Waals surface area contributed by atoms with Crippen LogP contribution in [0.2, 0.25) is 0 Å². The van der Waals surface area contributed by atoms with Gasteiger partial charge < -0.3 is 4.42 Å². The molecule has 0 aliphatic heterocycles. The largest absolute Gasteiger partial charge is 0.455 e. The zero-order chi connectivity index (χ0) is 17.2. The van der Waals surface area contributed by atoms with Gasteiger partial charge in [0, 0.05) is 16.2 Å². The third kappa shape index (κ3) is 2.02. The van der Waals surface area contributed by atoms with Crippen molar-refractivity contribution >= 4 is 43.5 Å². The van der Waals surface area contributed by atoms with Gasteiger partial charge in [-0.15, -0.1) is 0 Å². The predicted molar refractivity (Wildman–Crippen MR) is 107 cm³/mol. The maximum absolute atomic E-state index is 6.41. The van der Waals surface area contributed by atoms with E-state index in [1.54, 1.807) is 0 Å². The van der Waals surface area contributed by atoms with Crippen LogP contribution in [0.4, 0.5) is 0 Å². The van der Waals surface area contributed by atoms with Crippen molar-refractivity contribution in [1.29, 1.82) is 0 Å². The Labute approximate surface area is 146 Å². The standard InChI is InChI=1S/C24H20O/c1-24(2,3)15-12-13-20-21(14-15)25-23-19-11-7-5-9-17(19)16-8-4-6-10-18(16)22(20)23/h4-14H,1-3H3. The number of fused-ring (bicyclic) bond motifs is 8. The Morgan fingerprint density at radius 2 is 1.24 bits per heavy atom. The first-order valence-corrected chi connectivity index (χ1v) is 8.80. The highest BCUT2D eigenvalue weighted by molar-refractivity contribution is 6.30. The van der Waals surface area contributed by atoms with E-state index in [4.69, 9.17) is 4.42 Å². The normalized spacial score (nSPS) is 12.6. The second kappa shape index (κ2) is 4.86. The SMILES string of the molecule is CC(C)(C)c1ccc2c(c1)oc1c3ccccc3c3ccccc3c21. The summed E-state index contributed by atoms with van der Waals surface area (Å²) >= 11 is 0. The van der Waals surface area contributed by atoms with Crippen molar-refractivity contribution in [3.05, 3.63) is 72.3 Å². The van der Waals surface area contributed by atoms with Gasteiger partial charge >= 0.3 is 0 Å². The van der Waals surface area contributed by atoms with E-state index in [1.165, 1.54) is 37.9 Å². The molecule has 1 heteroatoms. The fourth-order valence-electron chi connectivity index (χ4n) is 3.87. The average Bonchev–Trinajstić information content (AvgIpc) is 3.00. The smallest absolute Gasteiger partial charge is 0.143 e. The first-order chi connectivity index (χ1) is 12.0. The minimum absolute atomic E-state index is 0.108. The lowest BCUT2D eigenvalue weighted by Gasteiger charge is -2.18. The zero-order valence-corrected chi connectivity index (χ0v) is 14.8. The molecule has 0 radical (unpaired) electrons. The van der Waals surface area contributed by atoms with Crippen molar-refractivity contribution in [2.24, 2.45) is 0 Å². The number of hydrogen-bond acceptors (Lipinski definition) is 1. The summed E-state index contributed by atoms with van der Waals surface area (Å²) in [5.74, 6) is 0. The van der Waals surface area contributed by atoms with E-state index in [9.17, 15) is 0 Å². The van der Waals surface area contributed by atoms with E-state index < -0.39 is 0 Å². The van der Waals surface area contributed by atoms with Crippen LogP contribution in [0.15, 0.2) is 71.1 Å². The van der Waals surface area contributed by atoms with Crippen molar-refractivity contribution in [2.45, 2.75) is 26.2 Å². The van der Waals surface area contributed by atoms with Crippen LogP contribution in [0.25, 0.3) is 43.5 Å². The molecule has 0 saturated carbocycles. The molecule has 1 nitrogen and oxygen atoms in total. The van der Waals surface area contributed by atoms with E-state index in [0.717, 1.165) is 11.2 Å². The van der Waals surface area contributed by atoms with E-state index in [2.05, 4.69) is 87.5 Å². The molecule has 0 N–H and O–H groups in total. The highest BCUT2D eigenvalue weighted by Crippen LogP contribution is 2.41. The number of benzene rings is 4. The Hall–Kier alpha value is -2.80. The maximum Gasteiger partial charge on any atom is 0.143 e. The first kappa shape index (κ1) is 14.5. The van der Waals surface area contributed by atoms with Crippen LogP contribution in [-0.4, -0.2) is 0 Å². The summed E-state index contributed by atoms with van der Waals surface area (Å²) in [4.78, 5) is 0. The summed E-state index contributed by atoms with van der Waals surface area (Å²) < 4.78 is 6.41. The van der Waals surface area contributed by atoms with E-state index in [0.29, 0.717) is 0 Å². The Bertz CT molecular complexity index is 1270. The van der Waals surface area contributed by atoms with Gasteiger partial charge in [-0.2, -0.15) is 0 Å². The third-order valence-corrected chi connectivity index (χ3v) is 5.21. The Morgan fingerprint density at radius 1 is 0.640 bits per heavy atom. The van der Waals surface area contributed by atoms with Crippen LogP contribution in [0, 0.1) is 0 Å². The molecule has 0 unspecified atom stereocenters. The van der Waals surface area contributed by atoms with Crippen LogP contribution in [0.1, 0.15) is 26.3 Å². The van der Waals surface area contributed by atoms with E-state index in [-0.39, 0.29) is 5.41 Å². The van der Waals surface area contributed by atoms with Crippen LogP contribution >= 0.6 is 0 Å². The van der Waals surface area contributed by atoms with Gasteiger partial charge in [0.15, 0.2) is 0 Å². The lowest BCUT2D eigenvalue weighted by atomic mass is 9.86. The molecule has 4 aromatic carbocycles. The molecule has 0 aliphatic rings. The van der Waals surface area contributed by atoms with Crippen molar-refractivity contribution in [1.82, 2.24) is 0 Å². The lowest BCUT2D eigenvalue weighted by Crippen LogP contribution is -2.10. The lowest BCUT2D eigenvalue weighted by molar-refractivity contribution is 0.588. The zero-order valence-electron chi connectivity index (χ0n) is 14.8. The van der Waals surface area contributed by atoms with Crippen molar-refractivity contribution in [2.75, 3.05) is 0 Å². The summed E-state index contributed by atoms with van der Waals surface area (Å²) in [5.41, 5.74) is 3.38. The molecule has 0 aliphatic carbocycles. The second-order valence-electron chi connectivity index (χ2n) is 7.86. The molecule has 25 heavy (non-hydrogen) atoms. The Morgan fingerprint density at radius 3 is 1.92 bits per heavy atom. The van der Waals surface area contributed by atoms with Crippen LogP contribution in [-0.2, 0) is 5.41 Å². The number of hydrogen-bond donors (Lipinski definition) is 0. The topological polar surface area (TPSA) is 13.1 Å². The molecule has 0 amide bonds. The molecule has 0 atom stereocenters. The Kier molecular flexibility index (Phi) is 2.82. The summed E-state index contributed by atoms with van der Waals surface area (Å²) in [6.45, 7) is 6.71. The highest BCUT2D eigenvalue weighted by Gasteiger charge is 2.18. The van der Waals surface area contributed by atoms with Gasteiger partial charge in [-0.1, -0.05) is 81.4 Å². The molecular weight excluding hydrogens is 304 g/mol. The first-order valence-electron chi connectivity index (χ1n) is 8.80. The quantitative estimate of drug-likeness (QED) is 0.275. The molecule has 1 aromatic heterocycles. The van der Waals surface area contributed by atoms with Gasteiger partial charge in [0.1, 0.15) is 11.2 Å². The number of rotatable bonds is 0. The molecule has 0 spiro atoms. The molecule has 0 saturated heterocycles. The highest BCUT2D eigenvalue weighted by atomic mass is 16.3. The van der Waals surface area contributed by atoms with Gasteiger partial charge in [-0.05, 0) is 33.2 Å². The van der Waals surface area contributed by atoms with Gasteiger partial charge in [0.25, 0.3) is 0 Å². The molecule has 0 fully saturated rings. The Balaban J connectivity index is 2.05. The summed E-state index contributed by atoms with van der Waals surface area (Å²) in [6.07, 6.45) is 0. The van der Waals surface area contributed by atoms with Crippen molar-refractivity contribution < 1.29 is 4.42 Å². The van der Waals surface area contributed by atoms with Crippen molar-refractivity contribution in [3.63, 3.8) is 0 Å². The van der Waals surface area contributed by atoms with E-state index >= 15 is 0 Å². The molecule has 122 valence electrons. The molecular formula is C24H20O. The average molecular weight is 324 g/mol. The molecule has 5 aromatic rings. The molecule has 0 bridgehead atoms. The molecule has 1 heterocycles. The van der Waals surface area contributed by atoms with Gasteiger partial charge in [0.2, 0.25) is 0 Å². The van der Waals surface area contributed by atoms with Gasteiger partial charge in [-0.3, -0.25) is 0 Å². The minimum atomic E-state index is 0.108. The summed E-state index contributed by atoms with van der Waals surface area (Å²) in [7, 11) is 0. The van der Waals surface area contributed by atoms with Gasteiger partial charge in [0.05, 0.1) is 0 Å². The maximum atomic E-state index is 6.41. The van der Waals surface area contributed by atoms with E-state index in [1.807, 2.05) is 0 Å². The third-order valence-electron chi connectivity index (χ3n) is 5.21. The predicted octanol–water partition coefficient (Wildman–Crippen LogP) is 7.19. The monoisotopic (exact) mass is 324 g/mol. The van der Waals surface area contributed by atoms with Crippen molar-refractivity contribution in [3.8, 4) is 0 Å². The summed E-state index contributed by atoms with van der Waals surface area (Å²) in [5, 5.41) is 7.41. The number of furan rings is 1. The second-order valence-corrected chi connectivity index (χ2v) is 7.86. The van der Waals surface area contributed by atoms with Crippen LogP contribution < -0.4 is 0 Å². The van der Waals surface area contributed by atoms with Gasteiger partial charge in [-0.25, -0.2) is 0 Å². The fourth-order valence-corrected chi connectivity index (χ4v) is 3.87. The fraction of sp³-hybridized carbons (Fsp3) is 0.167. The van der Waals surface area contributed by atoms with Crippen LogP contribution in [0.3, 0.4) is 0 Å². The molecule has 5 rings (SSSR count).